The van der Waals surface area contributed by atoms with Crippen molar-refractivity contribution < 1.29 is 0 Å². The van der Waals surface area contributed by atoms with Crippen LogP contribution in [0.1, 0.15) is 30.5 Å². The number of nitrogens with two attached hydrogens (primary N) is 1. The van der Waals surface area contributed by atoms with E-state index in [1.54, 1.807) is 0 Å². The summed E-state index contributed by atoms with van der Waals surface area (Å²) in [6.07, 6.45) is 0. The highest BCUT2D eigenvalue weighted by molar-refractivity contribution is 5.92. The number of hydrogen-bond donors (Lipinski definition) is 2. The number of hydrogen-bond acceptors (Lipinski definition) is 2. The van der Waals surface area contributed by atoms with Gasteiger partial charge in [0.05, 0.1) is 6.54 Å². The van der Waals surface area contributed by atoms with E-state index in [1.807, 2.05) is 24.3 Å². The fourth-order valence-corrected chi connectivity index (χ4v) is 2.53. The summed E-state index contributed by atoms with van der Waals surface area (Å²) in [5.41, 5.74) is 10.7. The maximum Gasteiger partial charge on any atom is 0.193 e. The summed E-state index contributed by atoms with van der Waals surface area (Å²) >= 11 is 0. The van der Waals surface area contributed by atoms with Crippen molar-refractivity contribution in [2.75, 3.05) is 18.4 Å². The lowest BCUT2D eigenvalue weighted by atomic mass is 10.1. The second-order valence-electron chi connectivity index (χ2n) is 5.97. The zero-order valence-electron chi connectivity index (χ0n) is 14.9. The van der Waals surface area contributed by atoms with Gasteiger partial charge in [0, 0.05) is 12.2 Å². The van der Waals surface area contributed by atoms with Crippen molar-refractivity contribution in [1.29, 1.82) is 0 Å². The second kappa shape index (κ2) is 9.08. The van der Waals surface area contributed by atoms with Crippen molar-refractivity contribution in [3.8, 4) is 0 Å². The van der Waals surface area contributed by atoms with E-state index in [-0.39, 0.29) is 0 Å². The van der Waals surface area contributed by atoms with Gasteiger partial charge in [0.15, 0.2) is 5.96 Å². The van der Waals surface area contributed by atoms with E-state index in [0.717, 1.165) is 25.3 Å². The molecule has 0 saturated heterocycles. The molecule has 128 valence electrons. The number of nitrogens with zero attached hydrogens (tertiary/aromatic N) is 2. The quantitative estimate of drug-likeness (QED) is 0.602. The maximum atomic E-state index is 5.98. The molecule has 2 aromatic carbocycles. The van der Waals surface area contributed by atoms with E-state index >= 15 is 0 Å². The molecule has 0 aromatic heterocycles. The Bertz CT molecular complexity index is 658. The van der Waals surface area contributed by atoms with Crippen molar-refractivity contribution in [3.05, 3.63) is 65.2 Å². The molecule has 24 heavy (non-hydrogen) atoms. The van der Waals surface area contributed by atoms with E-state index in [9.17, 15) is 0 Å². The molecule has 0 fully saturated rings. The summed E-state index contributed by atoms with van der Waals surface area (Å²) in [5.74, 6) is 0.438. The monoisotopic (exact) mass is 324 g/mol. The van der Waals surface area contributed by atoms with E-state index in [1.165, 1.54) is 16.7 Å². The smallest absolute Gasteiger partial charge is 0.193 e. The summed E-state index contributed by atoms with van der Waals surface area (Å²) in [5, 5.41) is 3.12. The molecule has 0 atom stereocenters. The van der Waals surface area contributed by atoms with Gasteiger partial charge in [-0.1, -0.05) is 55.8 Å². The Morgan fingerprint density at radius 1 is 1.04 bits per heavy atom. The van der Waals surface area contributed by atoms with Gasteiger partial charge in [0.1, 0.15) is 0 Å². The van der Waals surface area contributed by atoms with E-state index in [4.69, 9.17) is 5.73 Å². The molecule has 0 saturated carbocycles. The summed E-state index contributed by atoms with van der Waals surface area (Å²) < 4.78 is 0. The highest BCUT2D eigenvalue weighted by Crippen LogP contribution is 2.11. The third kappa shape index (κ3) is 5.70. The predicted octanol–water partition coefficient (Wildman–Crippen LogP) is 3.76. The minimum absolute atomic E-state index is 0.438. The van der Waals surface area contributed by atoms with E-state index < -0.39 is 0 Å². The van der Waals surface area contributed by atoms with E-state index in [0.29, 0.717) is 12.5 Å². The largest absolute Gasteiger partial charge is 0.370 e. The molecule has 0 aliphatic rings. The molecule has 2 rings (SSSR count). The van der Waals surface area contributed by atoms with Crippen LogP contribution < -0.4 is 11.1 Å². The van der Waals surface area contributed by atoms with Gasteiger partial charge >= 0.3 is 0 Å². The molecule has 0 aliphatic heterocycles. The number of benzene rings is 2. The van der Waals surface area contributed by atoms with Gasteiger partial charge in [0.25, 0.3) is 0 Å². The summed E-state index contributed by atoms with van der Waals surface area (Å²) in [6, 6.07) is 16.7. The van der Waals surface area contributed by atoms with Crippen LogP contribution in [0, 0.1) is 6.92 Å². The van der Waals surface area contributed by atoms with Gasteiger partial charge in [-0.15, -0.1) is 0 Å². The average Bonchev–Trinajstić information content (AvgIpc) is 2.60. The van der Waals surface area contributed by atoms with Crippen molar-refractivity contribution in [3.63, 3.8) is 0 Å². The lowest BCUT2D eigenvalue weighted by Crippen LogP contribution is -2.22. The molecule has 0 heterocycles. The zero-order chi connectivity index (χ0) is 17.4. The first-order chi connectivity index (χ1) is 11.6. The molecule has 0 spiro atoms. The lowest BCUT2D eigenvalue weighted by Gasteiger charge is -2.18. The lowest BCUT2D eigenvalue weighted by molar-refractivity contribution is 0.296. The molecule has 0 radical (unpaired) electrons. The first-order valence-electron chi connectivity index (χ1n) is 8.54. The molecule has 4 nitrogen and oxygen atoms in total. The zero-order valence-corrected chi connectivity index (χ0v) is 14.9. The first kappa shape index (κ1) is 18.0. The summed E-state index contributed by atoms with van der Waals surface area (Å²) in [6.45, 7) is 10.1. The van der Waals surface area contributed by atoms with Gasteiger partial charge in [-0.25, -0.2) is 4.99 Å². The van der Waals surface area contributed by atoms with Crippen molar-refractivity contribution in [1.82, 2.24) is 4.90 Å². The Morgan fingerprint density at radius 2 is 1.71 bits per heavy atom. The van der Waals surface area contributed by atoms with Crippen LogP contribution in [0.5, 0.6) is 0 Å². The topological polar surface area (TPSA) is 53.6 Å². The molecule has 0 amide bonds. The van der Waals surface area contributed by atoms with Crippen LogP contribution in [-0.2, 0) is 13.1 Å². The third-order valence-electron chi connectivity index (χ3n) is 4.05. The molecule has 3 N–H and O–H groups in total. The highest BCUT2D eigenvalue weighted by atomic mass is 15.1. The first-order valence-corrected chi connectivity index (χ1v) is 8.54. The van der Waals surface area contributed by atoms with Crippen LogP contribution in [0.2, 0.25) is 0 Å². The molecule has 0 aliphatic carbocycles. The van der Waals surface area contributed by atoms with Crippen LogP contribution in [0.3, 0.4) is 0 Å². The van der Waals surface area contributed by atoms with Gasteiger partial charge in [0.2, 0.25) is 0 Å². The number of guanidine groups is 1. The van der Waals surface area contributed by atoms with Crippen LogP contribution in [0.25, 0.3) is 0 Å². The van der Waals surface area contributed by atoms with Gasteiger partial charge in [-0.3, -0.25) is 4.90 Å². The average molecular weight is 324 g/mol. The Hall–Kier alpha value is -2.33. The Kier molecular flexibility index (Phi) is 6.82. The minimum atomic E-state index is 0.438. The van der Waals surface area contributed by atoms with Gasteiger partial charge in [-0.2, -0.15) is 0 Å². The van der Waals surface area contributed by atoms with Crippen LogP contribution in [-0.4, -0.2) is 23.9 Å². The molecule has 4 heteroatoms. The van der Waals surface area contributed by atoms with Crippen LogP contribution >= 0.6 is 0 Å². The number of rotatable bonds is 7. The Balaban J connectivity index is 1.96. The number of aliphatic imine (C=N–C) groups is 1. The Labute approximate surface area is 145 Å². The minimum Gasteiger partial charge on any atom is -0.370 e. The van der Waals surface area contributed by atoms with Gasteiger partial charge < -0.3 is 11.1 Å². The van der Waals surface area contributed by atoms with Crippen LogP contribution in [0.4, 0.5) is 5.69 Å². The molecule has 0 bridgehead atoms. The van der Waals surface area contributed by atoms with Crippen molar-refractivity contribution in [2.45, 2.75) is 33.9 Å². The van der Waals surface area contributed by atoms with Gasteiger partial charge in [-0.05, 0) is 43.3 Å². The highest BCUT2D eigenvalue weighted by Gasteiger charge is 2.02. The van der Waals surface area contributed by atoms with E-state index in [2.05, 4.69) is 60.2 Å². The number of aryl methyl sites for hydroxylation is 1. The third-order valence-corrected chi connectivity index (χ3v) is 4.05. The summed E-state index contributed by atoms with van der Waals surface area (Å²) in [7, 11) is 0. The van der Waals surface area contributed by atoms with Crippen molar-refractivity contribution >= 4 is 11.6 Å². The molecule has 2 aromatic rings. The normalized spacial score (nSPS) is 11.8. The second-order valence-corrected chi connectivity index (χ2v) is 5.97. The fraction of sp³-hybridized carbons (Fsp3) is 0.350. The SMILES string of the molecule is CCN(CC)Cc1cccc(CN=C(N)Nc2ccc(C)cc2)c1. The standard InChI is InChI=1S/C20H28N4/c1-4-24(5-2)15-18-8-6-7-17(13-18)14-22-20(21)23-19-11-9-16(3)10-12-19/h6-13H,4-5,14-15H2,1-3H3,(H3,21,22,23). The fourth-order valence-electron chi connectivity index (χ4n) is 2.53. The van der Waals surface area contributed by atoms with Crippen LogP contribution in [0.15, 0.2) is 53.5 Å². The Morgan fingerprint density at radius 3 is 2.38 bits per heavy atom. The number of nitrogens with one attached hydrogen (secondary N) is 1. The van der Waals surface area contributed by atoms with Crippen molar-refractivity contribution in [2.24, 2.45) is 10.7 Å². The molecule has 0 unspecified atom stereocenters. The number of anilines is 1. The summed E-state index contributed by atoms with van der Waals surface area (Å²) in [4.78, 5) is 6.84. The molecular formula is C20H28N4. The maximum absolute atomic E-state index is 5.98. The predicted molar refractivity (Wildman–Crippen MR) is 103 cm³/mol. The molecular weight excluding hydrogens is 296 g/mol.